The van der Waals surface area contributed by atoms with Crippen LogP contribution in [0.5, 0.6) is 0 Å². The van der Waals surface area contributed by atoms with Crippen LogP contribution in [0.4, 0.5) is 0 Å². The molecule has 1 aliphatic carbocycles. The fraction of sp³-hybridized carbons (Fsp3) is 0.667. The number of hydrogen-bond acceptors (Lipinski definition) is 3. The predicted molar refractivity (Wildman–Crippen MR) is 84.8 cm³/mol. The Balaban J connectivity index is 2.46. The first-order chi connectivity index (χ1) is 9.86. The van der Waals surface area contributed by atoms with Crippen molar-refractivity contribution in [1.82, 2.24) is 0 Å². The lowest BCUT2D eigenvalue weighted by atomic mass is 9.96. The molecule has 0 spiro atoms. The van der Waals surface area contributed by atoms with Gasteiger partial charge < -0.3 is 9.53 Å². The van der Waals surface area contributed by atoms with Gasteiger partial charge in [-0.15, -0.1) is 0 Å². The van der Waals surface area contributed by atoms with E-state index in [0.717, 1.165) is 32.0 Å². The van der Waals surface area contributed by atoms with E-state index >= 15 is 0 Å². The summed E-state index contributed by atoms with van der Waals surface area (Å²) >= 11 is 0. The first-order valence-corrected chi connectivity index (χ1v) is 7.69. The molecule has 1 fully saturated rings. The van der Waals surface area contributed by atoms with Crippen molar-refractivity contribution in [1.29, 1.82) is 0 Å². The van der Waals surface area contributed by atoms with E-state index in [2.05, 4.69) is 32.9 Å². The number of allylic oxidation sites excluding steroid dienone is 4. The van der Waals surface area contributed by atoms with Crippen LogP contribution in [0.2, 0.25) is 0 Å². The highest BCUT2D eigenvalue weighted by molar-refractivity contribution is 5.84. The molecule has 0 bridgehead atoms. The molecule has 0 amide bonds. The van der Waals surface area contributed by atoms with Crippen molar-refractivity contribution in [2.45, 2.75) is 53.4 Å². The summed E-state index contributed by atoms with van der Waals surface area (Å²) in [6.07, 6.45) is 9.30. The summed E-state index contributed by atoms with van der Waals surface area (Å²) in [5.41, 5.74) is 2.50. The molecule has 0 saturated heterocycles. The maximum Gasteiger partial charge on any atom is 0.309 e. The molecule has 0 heterocycles. The van der Waals surface area contributed by atoms with Gasteiger partial charge in [0.15, 0.2) is 0 Å². The van der Waals surface area contributed by atoms with Gasteiger partial charge in [-0.1, -0.05) is 30.2 Å². The molecule has 1 saturated carbocycles. The zero-order valence-electron chi connectivity index (χ0n) is 13.9. The van der Waals surface area contributed by atoms with Crippen molar-refractivity contribution < 1.29 is 14.3 Å². The van der Waals surface area contributed by atoms with E-state index in [0.29, 0.717) is 0 Å². The highest BCUT2D eigenvalue weighted by atomic mass is 16.5. The quantitative estimate of drug-likeness (QED) is 0.384. The highest BCUT2D eigenvalue weighted by Gasteiger charge is 2.65. The van der Waals surface area contributed by atoms with Gasteiger partial charge in [-0.25, -0.2) is 0 Å². The van der Waals surface area contributed by atoms with Crippen molar-refractivity contribution in [2.24, 2.45) is 17.3 Å². The normalized spacial score (nSPS) is 28.0. The number of rotatable bonds is 8. The molecule has 0 aliphatic heterocycles. The molecule has 3 nitrogen and oxygen atoms in total. The SMILES string of the molecule is COC(=O)[C@@H]1[C@@H](C=O)[C@@]1(C)CC/C=C(\C)CCC=C(C)C. The van der Waals surface area contributed by atoms with Crippen LogP contribution in [0.15, 0.2) is 23.3 Å². The average Bonchev–Trinajstić information content (AvgIpc) is 3.02. The van der Waals surface area contributed by atoms with Crippen molar-refractivity contribution >= 4 is 12.3 Å². The summed E-state index contributed by atoms with van der Waals surface area (Å²) in [6, 6.07) is 0. The molecule has 0 unspecified atom stereocenters. The van der Waals surface area contributed by atoms with E-state index in [9.17, 15) is 9.59 Å². The van der Waals surface area contributed by atoms with Gasteiger partial charge in [0.2, 0.25) is 0 Å². The fourth-order valence-electron chi connectivity index (χ4n) is 3.02. The Morgan fingerprint density at radius 1 is 1.19 bits per heavy atom. The number of esters is 1. The molecular weight excluding hydrogens is 264 g/mol. The van der Waals surface area contributed by atoms with Crippen LogP contribution in [0.1, 0.15) is 53.4 Å². The summed E-state index contributed by atoms with van der Waals surface area (Å²) < 4.78 is 4.78. The van der Waals surface area contributed by atoms with Crippen LogP contribution < -0.4 is 0 Å². The van der Waals surface area contributed by atoms with Crippen LogP contribution in [0, 0.1) is 17.3 Å². The van der Waals surface area contributed by atoms with E-state index in [1.165, 1.54) is 18.3 Å². The third-order valence-electron chi connectivity index (χ3n) is 4.59. The zero-order chi connectivity index (χ0) is 16.0. The second-order valence-electron chi connectivity index (χ2n) is 6.58. The Morgan fingerprint density at radius 2 is 1.86 bits per heavy atom. The van der Waals surface area contributed by atoms with Gasteiger partial charge in [0.05, 0.1) is 13.0 Å². The summed E-state index contributed by atoms with van der Waals surface area (Å²) in [7, 11) is 1.39. The van der Waals surface area contributed by atoms with Gasteiger partial charge in [0.25, 0.3) is 0 Å². The van der Waals surface area contributed by atoms with Gasteiger partial charge in [-0.3, -0.25) is 4.79 Å². The zero-order valence-corrected chi connectivity index (χ0v) is 13.9. The molecule has 118 valence electrons. The van der Waals surface area contributed by atoms with Crippen molar-refractivity contribution in [3.05, 3.63) is 23.3 Å². The number of hydrogen-bond donors (Lipinski definition) is 0. The molecule has 1 rings (SSSR count). The van der Waals surface area contributed by atoms with Crippen LogP contribution in [-0.4, -0.2) is 19.4 Å². The molecule has 0 aromatic heterocycles. The van der Waals surface area contributed by atoms with Crippen LogP contribution in [0.25, 0.3) is 0 Å². The first kappa shape index (κ1) is 17.7. The summed E-state index contributed by atoms with van der Waals surface area (Å²) in [5.74, 6) is -0.678. The van der Waals surface area contributed by atoms with Crippen LogP contribution in [-0.2, 0) is 14.3 Å². The molecule has 0 aromatic carbocycles. The maximum absolute atomic E-state index is 11.7. The van der Waals surface area contributed by atoms with Crippen LogP contribution >= 0.6 is 0 Å². The third kappa shape index (κ3) is 4.55. The first-order valence-electron chi connectivity index (χ1n) is 7.69. The van der Waals surface area contributed by atoms with E-state index in [1.54, 1.807) is 0 Å². The lowest BCUT2D eigenvalue weighted by Crippen LogP contribution is -2.09. The van der Waals surface area contributed by atoms with Gasteiger partial charge in [0, 0.05) is 5.92 Å². The monoisotopic (exact) mass is 292 g/mol. The Hall–Kier alpha value is -1.38. The molecule has 21 heavy (non-hydrogen) atoms. The van der Waals surface area contributed by atoms with Gasteiger partial charge in [-0.2, -0.15) is 0 Å². The standard InChI is InChI=1S/C18H28O3/c1-13(2)8-6-9-14(3)10-7-11-18(4)15(12-19)16(18)17(20)21-5/h8,10,12,15-16H,6-7,9,11H2,1-5H3/b14-10+/t15-,16+,18-/m1/s1. The summed E-state index contributed by atoms with van der Waals surface area (Å²) in [5, 5.41) is 0. The molecular formula is C18H28O3. The summed E-state index contributed by atoms with van der Waals surface area (Å²) in [6.45, 7) is 8.38. The lowest BCUT2D eigenvalue weighted by molar-refractivity contribution is -0.143. The fourth-order valence-corrected chi connectivity index (χ4v) is 3.02. The minimum absolute atomic E-state index is 0.177. The Labute approximate surface area is 128 Å². The van der Waals surface area contributed by atoms with Crippen molar-refractivity contribution in [3.63, 3.8) is 0 Å². The van der Waals surface area contributed by atoms with Gasteiger partial charge >= 0.3 is 5.97 Å². The number of carbonyl (C=O) groups is 2. The van der Waals surface area contributed by atoms with Crippen molar-refractivity contribution in [2.75, 3.05) is 7.11 Å². The average molecular weight is 292 g/mol. The third-order valence-corrected chi connectivity index (χ3v) is 4.59. The number of aldehydes is 1. The van der Waals surface area contributed by atoms with Gasteiger partial charge in [-0.05, 0) is 51.9 Å². The number of methoxy groups -OCH3 is 1. The Bertz CT molecular complexity index is 443. The number of carbonyl (C=O) groups excluding carboxylic acids is 2. The second-order valence-corrected chi connectivity index (χ2v) is 6.58. The Morgan fingerprint density at radius 3 is 2.38 bits per heavy atom. The molecule has 1 aliphatic rings. The van der Waals surface area contributed by atoms with Crippen molar-refractivity contribution in [3.8, 4) is 0 Å². The lowest BCUT2D eigenvalue weighted by Gasteiger charge is -2.09. The van der Waals surface area contributed by atoms with E-state index in [4.69, 9.17) is 4.74 Å². The number of ether oxygens (including phenoxy) is 1. The topological polar surface area (TPSA) is 43.4 Å². The molecule has 0 radical (unpaired) electrons. The smallest absolute Gasteiger partial charge is 0.309 e. The largest absolute Gasteiger partial charge is 0.469 e. The van der Waals surface area contributed by atoms with E-state index in [1.807, 2.05) is 6.92 Å². The molecule has 3 atom stereocenters. The van der Waals surface area contributed by atoms with E-state index < -0.39 is 0 Å². The summed E-state index contributed by atoms with van der Waals surface area (Å²) in [4.78, 5) is 22.7. The molecule has 3 heteroatoms. The van der Waals surface area contributed by atoms with Gasteiger partial charge in [0.1, 0.15) is 6.29 Å². The molecule has 0 aromatic rings. The minimum atomic E-state index is -0.251. The Kier molecular flexibility index (Phi) is 6.38. The maximum atomic E-state index is 11.7. The van der Waals surface area contributed by atoms with E-state index in [-0.39, 0.29) is 23.2 Å². The highest BCUT2D eigenvalue weighted by Crippen LogP contribution is 2.60. The second kappa shape index (κ2) is 7.58. The van der Waals surface area contributed by atoms with Crippen LogP contribution in [0.3, 0.4) is 0 Å². The molecule has 0 N–H and O–H groups in total. The minimum Gasteiger partial charge on any atom is -0.469 e. The predicted octanol–water partition coefficient (Wildman–Crippen LogP) is 4.08.